The Kier molecular flexibility index (Phi) is 8.12. The number of methoxy groups -OCH3 is 2. The van der Waals surface area contributed by atoms with Crippen LogP contribution in [0.2, 0.25) is 5.02 Å². The number of benzene rings is 3. The van der Waals surface area contributed by atoms with Crippen LogP contribution >= 0.6 is 11.6 Å². The number of nitrogens with zero attached hydrogens (tertiary/aromatic N) is 1. The fourth-order valence-corrected chi connectivity index (χ4v) is 4.62. The van der Waals surface area contributed by atoms with Crippen LogP contribution in [0.15, 0.2) is 66.2 Å². The molecule has 1 heterocycles. The van der Waals surface area contributed by atoms with Gasteiger partial charge in [0.1, 0.15) is 28.8 Å². The number of hydrogen-bond donors (Lipinski definition) is 1. The molecule has 0 radical (unpaired) electrons. The van der Waals surface area contributed by atoms with Crippen molar-refractivity contribution in [1.82, 2.24) is 0 Å². The highest BCUT2D eigenvalue weighted by Gasteiger charge is 2.47. The van der Waals surface area contributed by atoms with Gasteiger partial charge in [-0.3, -0.25) is 14.5 Å². The number of aliphatic hydroxyl groups excluding tert-OH is 1. The van der Waals surface area contributed by atoms with Gasteiger partial charge >= 0.3 is 0 Å². The number of ether oxygens (including phenoxy) is 4. The van der Waals surface area contributed by atoms with E-state index in [-0.39, 0.29) is 27.7 Å². The van der Waals surface area contributed by atoms with Crippen LogP contribution in [0.25, 0.3) is 5.76 Å². The average Bonchev–Trinajstić information content (AvgIpc) is 3.19. The molecule has 0 bridgehead atoms. The summed E-state index contributed by atoms with van der Waals surface area (Å²) in [6.07, 6.45) is 0. The number of amides is 1. The number of carbonyl (C=O) groups is 2. The third kappa shape index (κ3) is 4.99. The minimum absolute atomic E-state index is 0.101. The maximum absolute atomic E-state index is 13.5. The van der Waals surface area contributed by atoms with Crippen LogP contribution in [0, 0.1) is 0 Å². The molecule has 0 aliphatic carbocycles. The minimum atomic E-state index is -0.935. The van der Waals surface area contributed by atoms with Crippen molar-refractivity contribution in [2.24, 2.45) is 0 Å². The van der Waals surface area contributed by atoms with Crippen LogP contribution in [0.1, 0.15) is 31.0 Å². The van der Waals surface area contributed by atoms with E-state index in [0.717, 1.165) is 0 Å². The first-order valence-corrected chi connectivity index (χ1v) is 12.4. The molecule has 1 aliphatic rings. The van der Waals surface area contributed by atoms with E-state index < -0.39 is 23.5 Å². The van der Waals surface area contributed by atoms with Crippen LogP contribution in [-0.2, 0) is 9.59 Å². The fourth-order valence-electron chi connectivity index (χ4n) is 4.39. The molecule has 1 N–H and O–H groups in total. The molecule has 1 atom stereocenters. The number of halogens is 1. The molecule has 1 fully saturated rings. The summed E-state index contributed by atoms with van der Waals surface area (Å²) in [5, 5.41) is 11.8. The summed E-state index contributed by atoms with van der Waals surface area (Å²) in [7, 11) is 2.85. The van der Waals surface area contributed by atoms with Crippen molar-refractivity contribution in [2.75, 3.05) is 32.3 Å². The normalized spacial score (nSPS) is 16.4. The van der Waals surface area contributed by atoms with E-state index >= 15 is 0 Å². The highest BCUT2D eigenvalue weighted by atomic mass is 35.5. The Morgan fingerprint density at radius 3 is 1.95 bits per heavy atom. The number of aliphatic hydroxyl groups is 1. The second kappa shape index (κ2) is 11.5. The lowest BCUT2D eigenvalue weighted by atomic mass is 9.94. The van der Waals surface area contributed by atoms with Crippen LogP contribution in [-0.4, -0.2) is 44.2 Å². The van der Waals surface area contributed by atoms with Crippen molar-refractivity contribution in [3.8, 4) is 23.0 Å². The van der Waals surface area contributed by atoms with Gasteiger partial charge in [0.25, 0.3) is 11.7 Å². The SMILES string of the molecule is CCOc1ccc(C2/C(=C(\O)c3cc(OC)c(Cl)cc3OC)C(=O)C(=O)N2c2ccc(OCC)cc2)cc1. The van der Waals surface area contributed by atoms with E-state index in [1.54, 1.807) is 48.5 Å². The number of carbonyl (C=O) groups excluding carboxylic acids is 2. The largest absolute Gasteiger partial charge is 0.507 e. The van der Waals surface area contributed by atoms with Gasteiger partial charge < -0.3 is 24.1 Å². The minimum Gasteiger partial charge on any atom is -0.507 e. The molecule has 3 aromatic carbocycles. The van der Waals surface area contributed by atoms with E-state index in [4.69, 9.17) is 30.5 Å². The molecule has 4 rings (SSSR count). The lowest BCUT2D eigenvalue weighted by Crippen LogP contribution is -2.29. The van der Waals surface area contributed by atoms with E-state index in [2.05, 4.69) is 0 Å². The second-order valence-corrected chi connectivity index (χ2v) is 8.69. The first kappa shape index (κ1) is 26.9. The quantitative estimate of drug-likeness (QED) is 0.210. The lowest BCUT2D eigenvalue weighted by molar-refractivity contribution is -0.132. The first-order chi connectivity index (χ1) is 18.3. The number of hydrogen-bond acceptors (Lipinski definition) is 7. The van der Waals surface area contributed by atoms with E-state index in [1.807, 2.05) is 13.8 Å². The van der Waals surface area contributed by atoms with Gasteiger partial charge in [0, 0.05) is 11.8 Å². The lowest BCUT2D eigenvalue weighted by Gasteiger charge is -2.26. The van der Waals surface area contributed by atoms with Gasteiger partial charge in [0.2, 0.25) is 0 Å². The van der Waals surface area contributed by atoms with Crippen molar-refractivity contribution < 1.29 is 33.6 Å². The fraction of sp³-hybridized carbons (Fsp3) is 0.241. The highest BCUT2D eigenvalue weighted by Crippen LogP contribution is 2.45. The molecule has 1 saturated heterocycles. The van der Waals surface area contributed by atoms with Crippen LogP contribution in [0.4, 0.5) is 5.69 Å². The third-order valence-corrected chi connectivity index (χ3v) is 6.40. The van der Waals surface area contributed by atoms with E-state index in [1.165, 1.54) is 31.3 Å². The Bertz CT molecular complexity index is 1370. The molecule has 9 heteroatoms. The molecule has 3 aromatic rings. The van der Waals surface area contributed by atoms with Gasteiger partial charge in [-0.1, -0.05) is 23.7 Å². The molecular weight excluding hydrogens is 510 g/mol. The highest BCUT2D eigenvalue weighted by molar-refractivity contribution is 6.51. The summed E-state index contributed by atoms with van der Waals surface area (Å²) in [6.45, 7) is 4.73. The molecule has 38 heavy (non-hydrogen) atoms. The Balaban J connectivity index is 1.93. The van der Waals surface area contributed by atoms with Crippen LogP contribution < -0.4 is 23.8 Å². The van der Waals surface area contributed by atoms with Gasteiger partial charge in [0.15, 0.2) is 0 Å². The smallest absolute Gasteiger partial charge is 0.300 e. The predicted molar refractivity (Wildman–Crippen MR) is 145 cm³/mol. The topological polar surface area (TPSA) is 94.5 Å². The van der Waals surface area contributed by atoms with Crippen LogP contribution in [0.3, 0.4) is 0 Å². The van der Waals surface area contributed by atoms with Crippen LogP contribution in [0.5, 0.6) is 23.0 Å². The summed E-state index contributed by atoms with van der Waals surface area (Å²) >= 11 is 6.25. The maximum atomic E-state index is 13.5. The molecule has 1 aliphatic heterocycles. The Morgan fingerprint density at radius 2 is 1.42 bits per heavy atom. The second-order valence-electron chi connectivity index (χ2n) is 8.29. The molecule has 1 amide bonds. The summed E-state index contributed by atoms with van der Waals surface area (Å²) < 4.78 is 21.8. The van der Waals surface area contributed by atoms with E-state index in [9.17, 15) is 14.7 Å². The number of anilines is 1. The Hall–Kier alpha value is -4.17. The molecular formula is C29H28ClNO7. The number of Topliss-reactive ketones (excluding diaryl/α,β-unsaturated/α-hetero) is 1. The van der Waals surface area contributed by atoms with Crippen molar-refractivity contribution in [2.45, 2.75) is 19.9 Å². The van der Waals surface area contributed by atoms with E-state index in [0.29, 0.717) is 36.0 Å². The van der Waals surface area contributed by atoms with Gasteiger partial charge in [-0.05, 0) is 61.9 Å². The monoisotopic (exact) mass is 537 g/mol. The third-order valence-electron chi connectivity index (χ3n) is 6.11. The van der Waals surface area contributed by atoms with Crippen molar-refractivity contribution >= 4 is 34.7 Å². The summed E-state index contributed by atoms with van der Waals surface area (Å²) in [5.41, 5.74) is 1.13. The molecule has 1 unspecified atom stereocenters. The van der Waals surface area contributed by atoms with Gasteiger partial charge in [-0.15, -0.1) is 0 Å². The predicted octanol–water partition coefficient (Wildman–Crippen LogP) is 5.78. The van der Waals surface area contributed by atoms with Crippen molar-refractivity contribution in [1.29, 1.82) is 0 Å². The van der Waals surface area contributed by atoms with Gasteiger partial charge in [-0.2, -0.15) is 0 Å². The Labute approximate surface area is 225 Å². The molecule has 8 nitrogen and oxygen atoms in total. The Morgan fingerprint density at radius 1 is 0.868 bits per heavy atom. The standard InChI is InChI=1S/C29H28ClNO7/c1-5-37-19-11-7-17(8-12-19)26-25(27(32)21-15-24(36-4)22(30)16-23(21)35-3)28(33)29(34)31(26)18-9-13-20(14-10-18)38-6-2/h7-16,26,32H,5-6H2,1-4H3/b27-25+. The van der Waals surface area contributed by atoms with Crippen molar-refractivity contribution in [3.63, 3.8) is 0 Å². The summed E-state index contributed by atoms with van der Waals surface area (Å²) in [4.78, 5) is 28.3. The summed E-state index contributed by atoms with van der Waals surface area (Å²) in [5.74, 6) is -0.288. The first-order valence-electron chi connectivity index (χ1n) is 12.0. The average molecular weight is 538 g/mol. The zero-order chi connectivity index (χ0) is 27.4. The zero-order valence-corrected chi connectivity index (χ0v) is 22.2. The molecule has 0 aromatic heterocycles. The molecule has 198 valence electrons. The number of rotatable bonds is 9. The van der Waals surface area contributed by atoms with Gasteiger partial charge in [-0.25, -0.2) is 0 Å². The summed E-state index contributed by atoms with van der Waals surface area (Å²) in [6, 6.07) is 15.9. The number of ketones is 1. The zero-order valence-electron chi connectivity index (χ0n) is 21.5. The molecule has 0 saturated carbocycles. The van der Waals surface area contributed by atoms with Gasteiger partial charge in [0.05, 0.1) is 49.6 Å². The van der Waals surface area contributed by atoms with Crippen molar-refractivity contribution in [3.05, 3.63) is 82.4 Å². The maximum Gasteiger partial charge on any atom is 0.300 e. The molecule has 0 spiro atoms.